The molecule has 2 aromatic rings. The third-order valence-electron chi connectivity index (χ3n) is 2.48. The van der Waals surface area contributed by atoms with Gasteiger partial charge >= 0.3 is 0 Å². The van der Waals surface area contributed by atoms with Crippen molar-refractivity contribution in [1.29, 1.82) is 0 Å². The lowest BCUT2D eigenvalue weighted by Gasteiger charge is -2.06. The van der Waals surface area contributed by atoms with Gasteiger partial charge in [-0.15, -0.1) is 0 Å². The van der Waals surface area contributed by atoms with E-state index in [0.29, 0.717) is 17.8 Å². The fourth-order valence-corrected chi connectivity index (χ4v) is 1.58. The second-order valence-corrected chi connectivity index (χ2v) is 3.75. The molecule has 1 heterocycles. The molecule has 0 bridgehead atoms. The minimum absolute atomic E-state index is 0.285. The van der Waals surface area contributed by atoms with Gasteiger partial charge in [0.05, 0.1) is 5.69 Å². The zero-order valence-corrected chi connectivity index (χ0v) is 10.0. The number of rotatable bonds is 4. The Kier molecular flexibility index (Phi) is 4.10. The average Bonchev–Trinajstić information content (AvgIpc) is 2.47. The highest BCUT2D eigenvalue weighted by atomic mass is 16.1. The van der Waals surface area contributed by atoms with Crippen molar-refractivity contribution >= 4 is 11.6 Å². The SMILES string of the molecule is [N-]=[N+]=Nc1ccccc1C(=O)NCc1cccnc1. The highest BCUT2D eigenvalue weighted by Crippen LogP contribution is 2.18. The van der Waals surface area contributed by atoms with Gasteiger partial charge in [0.2, 0.25) is 0 Å². The van der Waals surface area contributed by atoms with Gasteiger partial charge in [0.15, 0.2) is 0 Å². The Bertz CT molecular complexity index is 620. The van der Waals surface area contributed by atoms with Crippen molar-refractivity contribution in [2.24, 2.45) is 5.11 Å². The number of hydrogen-bond donors (Lipinski definition) is 1. The summed E-state index contributed by atoms with van der Waals surface area (Å²) in [6.45, 7) is 0.372. The van der Waals surface area contributed by atoms with Crippen LogP contribution in [0.1, 0.15) is 15.9 Å². The van der Waals surface area contributed by atoms with E-state index in [1.807, 2.05) is 6.07 Å². The predicted octanol–water partition coefficient (Wildman–Crippen LogP) is 2.95. The molecule has 1 N–H and O–H groups in total. The largest absolute Gasteiger partial charge is 0.348 e. The van der Waals surface area contributed by atoms with Crippen LogP contribution in [0.15, 0.2) is 53.9 Å². The first kappa shape index (κ1) is 12.6. The Morgan fingerprint density at radius 3 is 2.89 bits per heavy atom. The Morgan fingerprint density at radius 1 is 1.32 bits per heavy atom. The van der Waals surface area contributed by atoms with E-state index in [2.05, 4.69) is 20.3 Å². The average molecular weight is 253 g/mol. The summed E-state index contributed by atoms with van der Waals surface area (Å²) in [5.41, 5.74) is 10.0. The maximum absolute atomic E-state index is 12.0. The Balaban J connectivity index is 2.10. The third-order valence-corrected chi connectivity index (χ3v) is 2.48. The van der Waals surface area contributed by atoms with Crippen molar-refractivity contribution in [1.82, 2.24) is 10.3 Å². The van der Waals surface area contributed by atoms with Gasteiger partial charge in [-0.1, -0.05) is 29.4 Å². The molecule has 19 heavy (non-hydrogen) atoms. The van der Waals surface area contributed by atoms with Gasteiger partial charge < -0.3 is 5.32 Å². The van der Waals surface area contributed by atoms with Crippen LogP contribution < -0.4 is 5.32 Å². The molecule has 6 heteroatoms. The van der Waals surface area contributed by atoms with Crippen LogP contribution in [0.2, 0.25) is 0 Å². The number of aromatic nitrogens is 1. The van der Waals surface area contributed by atoms with E-state index >= 15 is 0 Å². The van der Waals surface area contributed by atoms with Crippen LogP contribution in [0.5, 0.6) is 0 Å². The number of pyridine rings is 1. The van der Waals surface area contributed by atoms with Crippen molar-refractivity contribution in [3.63, 3.8) is 0 Å². The number of carbonyl (C=O) groups is 1. The van der Waals surface area contributed by atoms with Gasteiger partial charge in [0.25, 0.3) is 5.91 Å². The first-order valence-corrected chi connectivity index (χ1v) is 5.62. The molecule has 0 fully saturated rings. The summed E-state index contributed by atoms with van der Waals surface area (Å²) in [6, 6.07) is 10.3. The van der Waals surface area contributed by atoms with Crippen molar-refractivity contribution in [3.8, 4) is 0 Å². The fraction of sp³-hybridized carbons (Fsp3) is 0.0769. The predicted molar refractivity (Wildman–Crippen MR) is 70.7 cm³/mol. The number of nitrogens with one attached hydrogen (secondary N) is 1. The van der Waals surface area contributed by atoms with E-state index in [-0.39, 0.29) is 5.91 Å². The summed E-state index contributed by atoms with van der Waals surface area (Å²) < 4.78 is 0. The van der Waals surface area contributed by atoms with E-state index in [0.717, 1.165) is 5.56 Å². The van der Waals surface area contributed by atoms with Crippen LogP contribution in [0.4, 0.5) is 5.69 Å². The maximum Gasteiger partial charge on any atom is 0.252 e. The molecule has 1 aromatic carbocycles. The molecule has 0 saturated heterocycles. The highest BCUT2D eigenvalue weighted by Gasteiger charge is 2.09. The molecular weight excluding hydrogens is 242 g/mol. The molecule has 6 nitrogen and oxygen atoms in total. The van der Waals surface area contributed by atoms with Crippen LogP contribution in [0.3, 0.4) is 0 Å². The van der Waals surface area contributed by atoms with Gasteiger partial charge in [-0.05, 0) is 23.2 Å². The summed E-state index contributed by atoms with van der Waals surface area (Å²) in [4.78, 5) is 18.7. The third kappa shape index (κ3) is 3.31. The first-order valence-electron chi connectivity index (χ1n) is 5.62. The number of azide groups is 1. The van der Waals surface area contributed by atoms with E-state index < -0.39 is 0 Å². The molecule has 2 rings (SSSR count). The number of amides is 1. The lowest BCUT2D eigenvalue weighted by atomic mass is 10.1. The summed E-state index contributed by atoms with van der Waals surface area (Å²) in [6.07, 6.45) is 3.35. The molecule has 0 saturated carbocycles. The molecule has 0 unspecified atom stereocenters. The minimum atomic E-state index is -0.285. The zero-order chi connectivity index (χ0) is 13.5. The Labute approximate surface area is 109 Å². The Morgan fingerprint density at radius 2 is 2.16 bits per heavy atom. The number of carbonyl (C=O) groups excluding carboxylic acids is 1. The first-order chi connectivity index (χ1) is 9.31. The lowest BCUT2D eigenvalue weighted by Crippen LogP contribution is -2.22. The molecule has 1 aromatic heterocycles. The quantitative estimate of drug-likeness (QED) is 0.515. The van der Waals surface area contributed by atoms with Crippen molar-refractivity contribution in [2.75, 3.05) is 0 Å². The molecule has 0 radical (unpaired) electrons. The summed E-state index contributed by atoms with van der Waals surface area (Å²) in [7, 11) is 0. The van der Waals surface area contributed by atoms with Crippen LogP contribution in [-0.2, 0) is 6.54 Å². The topological polar surface area (TPSA) is 90.8 Å². The van der Waals surface area contributed by atoms with Gasteiger partial charge in [0, 0.05) is 29.4 Å². The van der Waals surface area contributed by atoms with Crippen LogP contribution in [0, 0.1) is 0 Å². The van der Waals surface area contributed by atoms with Crippen LogP contribution in [0.25, 0.3) is 10.4 Å². The fourth-order valence-electron chi connectivity index (χ4n) is 1.58. The molecule has 0 spiro atoms. The second-order valence-electron chi connectivity index (χ2n) is 3.75. The second kappa shape index (κ2) is 6.18. The van der Waals surface area contributed by atoms with E-state index in [1.54, 1.807) is 42.7 Å². The monoisotopic (exact) mass is 253 g/mol. The number of benzene rings is 1. The smallest absolute Gasteiger partial charge is 0.252 e. The molecule has 0 aliphatic heterocycles. The summed E-state index contributed by atoms with van der Waals surface area (Å²) in [5, 5.41) is 6.24. The van der Waals surface area contributed by atoms with Crippen molar-refractivity contribution in [2.45, 2.75) is 6.54 Å². The van der Waals surface area contributed by atoms with E-state index in [9.17, 15) is 4.79 Å². The van der Waals surface area contributed by atoms with Gasteiger partial charge in [-0.2, -0.15) is 0 Å². The number of hydrogen-bond acceptors (Lipinski definition) is 3. The Hall–Kier alpha value is -2.85. The van der Waals surface area contributed by atoms with Crippen molar-refractivity contribution in [3.05, 3.63) is 70.4 Å². The molecular formula is C13H11N5O. The maximum atomic E-state index is 12.0. The molecule has 0 aliphatic rings. The number of nitrogens with zero attached hydrogens (tertiary/aromatic N) is 4. The van der Waals surface area contributed by atoms with E-state index in [1.165, 1.54) is 0 Å². The standard InChI is InChI=1S/C13H11N5O/c14-18-17-12-6-2-1-5-11(12)13(19)16-9-10-4-3-7-15-8-10/h1-8H,9H2,(H,16,19). The minimum Gasteiger partial charge on any atom is -0.348 e. The van der Waals surface area contributed by atoms with Crippen LogP contribution in [-0.4, -0.2) is 10.9 Å². The normalized spacial score (nSPS) is 9.47. The zero-order valence-electron chi connectivity index (χ0n) is 10.0. The molecule has 94 valence electrons. The molecule has 0 aliphatic carbocycles. The highest BCUT2D eigenvalue weighted by molar-refractivity contribution is 5.98. The van der Waals surface area contributed by atoms with Gasteiger partial charge in [0.1, 0.15) is 0 Å². The molecule has 1 amide bonds. The summed E-state index contributed by atoms with van der Waals surface area (Å²) >= 11 is 0. The van der Waals surface area contributed by atoms with Gasteiger partial charge in [-0.3, -0.25) is 9.78 Å². The van der Waals surface area contributed by atoms with E-state index in [4.69, 9.17) is 5.53 Å². The van der Waals surface area contributed by atoms with Gasteiger partial charge in [-0.25, -0.2) is 0 Å². The lowest BCUT2D eigenvalue weighted by molar-refractivity contribution is 0.0951. The summed E-state index contributed by atoms with van der Waals surface area (Å²) in [5.74, 6) is -0.285. The van der Waals surface area contributed by atoms with Crippen LogP contribution >= 0.6 is 0 Å². The van der Waals surface area contributed by atoms with Crippen molar-refractivity contribution < 1.29 is 4.79 Å². The molecule has 0 atom stereocenters.